The summed E-state index contributed by atoms with van der Waals surface area (Å²) in [6, 6.07) is 77.1. The lowest BCUT2D eigenvalue weighted by atomic mass is 10.1. The van der Waals surface area contributed by atoms with Crippen molar-refractivity contribution in [3.05, 3.63) is 218 Å². The molecule has 0 spiro atoms. The van der Waals surface area contributed by atoms with Gasteiger partial charge in [-0.1, -0.05) is 158 Å². The van der Waals surface area contributed by atoms with Crippen LogP contribution in [0.3, 0.4) is 0 Å². The van der Waals surface area contributed by atoms with Crippen molar-refractivity contribution in [1.29, 1.82) is 0 Å². The van der Waals surface area contributed by atoms with Crippen LogP contribution in [0, 0.1) is 0 Å². The van der Waals surface area contributed by atoms with Gasteiger partial charge < -0.3 is 0 Å². The van der Waals surface area contributed by atoms with Crippen LogP contribution in [0.1, 0.15) is 0 Å². The zero-order valence-corrected chi connectivity index (χ0v) is 31.8. The topological polar surface area (TPSA) is 51.6 Å². The molecule has 0 saturated carbocycles. The Balaban J connectivity index is 1.23. The molecule has 10 rings (SSSR count). The summed E-state index contributed by atoms with van der Waals surface area (Å²) in [4.78, 5) is 25.5. The van der Waals surface area contributed by atoms with E-state index in [0.29, 0.717) is 11.6 Å². The van der Waals surface area contributed by atoms with Gasteiger partial charge in [-0.3, -0.25) is 0 Å². The highest BCUT2D eigenvalue weighted by molar-refractivity contribution is 8.34. The fourth-order valence-corrected chi connectivity index (χ4v) is 11.7. The number of rotatable bonds is 8. The fraction of sp³-hybridized carbons (Fsp3) is 0. The van der Waals surface area contributed by atoms with Gasteiger partial charge in [0.25, 0.3) is 0 Å². The van der Waals surface area contributed by atoms with Gasteiger partial charge in [0.05, 0.1) is 22.4 Å². The molecule has 0 unspecified atom stereocenters. The van der Waals surface area contributed by atoms with Crippen molar-refractivity contribution in [2.24, 2.45) is 0 Å². The average Bonchev–Trinajstić information content (AvgIpc) is 3.30. The van der Waals surface area contributed by atoms with E-state index < -0.39 is 10.0 Å². The Labute approximate surface area is 333 Å². The molecule has 0 N–H and O–H groups in total. The zero-order valence-electron chi connectivity index (χ0n) is 31.0. The maximum atomic E-state index is 5.28. The van der Waals surface area contributed by atoms with Crippen LogP contribution in [0.2, 0.25) is 0 Å². The Hall–Kier alpha value is -7.21. The minimum absolute atomic E-state index is 0.707. The number of hydrogen-bond donors (Lipinski definition) is 0. The first-order chi connectivity index (χ1) is 28.3. The first-order valence-corrected chi connectivity index (χ1v) is 20.7. The summed E-state index contributed by atoms with van der Waals surface area (Å²) in [7, 11) is -2.09. The molecule has 8 aromatic carbocycles. The number of fused-ring (bicyclic) bond motifs is 2. The van der Waals surface area contributed by atoms with E-state index in [-0.39, 0.29) is 0 Å². The van der Waals surface area contributed by atoms with Gasteiger partial charge in [-0.25, -0.2) is 19.9 Å². The summed E-state index contributed by atoms with van der Waals surface area (Å²) in [6.45, 7) is 0. The molecule has 4 nitrogen and oxygen atoms in total. The zero-order chi connectivity index (χ0) is 38.0. The lowest BCUT2D eigenvalue weighted by Crippen LogP contribution is -2.06. The van der Waals surface area contributed by atoms with E-state index in [4.69, 9.17) is 19.9 Å². The van der Waals surface area contributed by atoms with Gasteiger partial charge in [-0.05, 0) is 60.7 Å². The standard InChI is InChI=1S/C52H36N4S/c1-5-19-37(20-6-1)51-53-47-33-15-13-31-45(47)49(55-51)39-23-17-29-43(35-39)57(41-25-9-3-10-26-41,42-27-11-4-12-28-42)44-30-18-24-40(36-44)50-46-32-14-16-34-48(46)54-52(56-50)38-21-7-2-8-22-38/h1-36H. The van der Waals surface area contributed by atoms with E-state index in [1.54, 1.807) is 0 Å². The highest BCUT2D eigenvalue weighted by atomic mass is 32.3. The molecule has 0 aliphatic carbocycles. The molecule has 0 amide bonds. The summed E-state index contributed by atoms with van der Waals surface area (Å²) in [6.07, 6.45) is 0. The molecule has 10 aromatic rings. The molecule has 0 atom stereocenters. The largest absolute Gasteiger partial charge is 0.228 e. The molecule has 0 aliphatic heterocycles. The SMILES string of the molecule is c1ccc(-c2nc(-c3cccc(S(c4ccccc4)(c4ccccc4)c4cccc(-c5nc(-c6ccccc6)nc6ccccc56)c4)c3)c3ccccc3n2)cc1. The third-order valence-corrected chi connectivity index (χ3v) is 14.3. The molecule has 2 aromatic heterocycles. The van der Waals surface area contributed by atoms with E-state index in [1.165, 1.54) is 19.6 Å². The van der Waals surface area contributed by atoms with Crippen molar-refractivity contribution in [3.8, 4) is 45.3 Å². The smallest absolute Gasteiger partial charge is 0.160 e. The Kier molecular flexibility index (Phi) is 8.90. The lowest BCUT2D eigenvalue weighted by molar-refractivity contribution is 1.21. The number of nitrogens with zero attached hydrogens (tertiary/aromatic N) is 4. The Morgan fingerprint density at radius 2 is 0.596 bits per heavy atom. The molecular formula is C52H36N4S. The lowest BCUT2D eigenvalue weighted by Gasteiger charge is -2.42. The summed E-state index contributed by atoms with van der Waals surface area (Å²) < 4.78 is 0. The summed E-state index contributed by atoms with van der Waals surface area (Å²) >= 11 is 0. The normalized spacial score (nSPS) is 11.8. The van der Waals surface area contributed by atoms with Crippen LogP contribution in [0.15, 0.2) is 238 Å². The third-order valence-electron chi connectivity index (χ3n) is 10.4. The molecule has 5 heteroatoms. The molecule has 0 fully saturated rings. The minimum Gasteiger partial charge on any atom is -0.228 e. The molecule has 2 heterocycles. The van der Waals surface area contributed by atoms with Gasteiger partial charge in [0.1, 0.15) is 0 Å². The second-order valence-corrected chi connectivity index (χ2v) is 17.0. The number of benzene rings is 8. The van der Waals surface area contributed by atoms with Crippen molar-refractivity contribution in [2.75, 3.05) is 0 Å². The van der Waals surface area contributed by atoms with Crippen molar-refractivity contribution < 1.29 is 0 Å². The van der Waals surface area contributed by atoms with Gasteiger partial charge in [0.2, 0.25) is 0 Å². The van der Waals surface area contributed by atoms with Gasteiger partial charge in [0.15, 0.2) is 11.6 Å². The van der Waals surface area contributed by atoms with Crippen LogP contribution >= 0.6 is 10.0 Å². The van der Waals surface area contributed by atoms with Crippen molar-refractivity contribution in [2.45, 2.75) is 19.6 Å². The minimum atomic E-state index is -2.09. The van der Waals surface area contributed by atoms with E-state index in [9.17, 15) is 0 Å². The average molecular weight is 749 g/mol. The third kappa shape index (κ3) is 6.24. The highest BCUT2D eigenvalue weighted by Crippen LogP contribution is 2.73. The molecule has 0 radical (unpaired) electrons. The maximum absolute atomic E-state index is 5.28. The first-order valence-electron chi connectivity index (χ1n) is 19.0. The molecule has 0 saturated heterocycles. The second kappa shape index (κ2) is 14.8. The Morgan fingerprint density at radius 1 is 0.263 bits per heavy atom. The van der Waals surface area contributed by atoms with E-state index in [1.807, 2.05) is 48.5 Å². The van der Waals surface area contributed by atoms with Crippen LogP contribution in [-0.4, -0.2) is 19.9 Å². The van der Waals surface area contributed by atoms with Crippen LogP contribution in [0.4, 0.5) is 0 Å². The molecule has 0 bridgehead atoms. The predicted octanol–water partition coefficient (Wildman–Crippen LogP) is 13.6. The fourth-order valence-electron chi connectivity index (χ4n) is 7.76. The molecule has 57 heavy (non-hydrogen) atoms. The monoisotopic (exact) mass is 748 g/mol. The highest BCUT2D eigenvalue weighted by Gasteiger charge is 2.34. The predicted molar refractivity (Wildman–Crippen MR) is 234 cm³/mol. The number of hydrogen-bond acceptors (Lipinski definition) is 4. The molecule has 0 aliphatic rings. The second-order valence-electron chi connectivity index (χ2n) is 13.9. The Morgan fingerprint density at radius 3 is 1.02 bits per heavy atom. The van der Waals surface area contributed by atoms with Crippen molar-refractivity contribution in [1.82, 2.24) is 19.9 Å². The van der Waals surface area contributed by atoms with Crippen molar-refractivity contribution in [3.63, 3.8) is 0 Å². The quantitative estimate of drug-likeness (QED) is 0.155. The van der Waals surface area contributed by atoms with Gasteiger partial charge in [-0.15, -0.1) is 10.0 Å². The first kappa shape index (κ1) is 34.3. The number of aromatic nitrogens is 4. The number of para-hydroxylation sites is 2. The van der Waals surface area contributed by atoms with E-state index in [0.717, 1.165) is 55.4 Å². The summed E-state index contributed by atoms with van der Waals surface area (Å²) in [5, 5.41) is 2.03. The van der Waals surface area contributed by atoms with E-state index in [2.05, 4.69) is 170 Å². The molecular weight excluding hydrogens is 713 g/mol. The van der Waals surface area contributed by atoms with Crippen LogP contribution < -0.4 is 0 Å². The summed E-state index contributed by atoms with van der Waals surface area (Å²) in [5.74, 6) is 1.41. The summed E-state index contributed by atoms with van der Waals surface area (Å²) in [5.41, 5.74) is 7.69. The van der Waals surface area contributed by atoms with Gasteiger partial charge in [-0.2, -0.15) is 0 Å². The van der Waals surface area contributed by atoms with Crippen molar-refractivity contribution >= 4 is 31.8 Å². The van der Waals surface area contributed by atoms with Crippen LogP contribution in [0.5, 0.6) is 0 Å². The maximum Gasteiger partial charge on any atom is 0.160 e. The van der Waals surface area contributed by atoms with Crippen LogP contribution in [-0.2, 0) is 0 Å². The van der Waals surface area contributed by atoms with Gasteiger partial charge >= 0.3 is 0 Å². The molecule has 270 valence electrons. The van der Waals surface area contributed by atoms with Gasteiger partial charge in [0, 0.05) is 52.6 Å². The van der Waals surface area contributed by atoms with Crippen LogP contribution in [0.25, 0.3) is 67.1 Å². The van der Waals surface area contributed by atoms with E-state index >= 15 is 0 Å². The Bertz CT molecular complexity index is 2800.